The Kier molecular flexibility index (Phi) is 6.67. The number of thiazole rings is 1. The van der Waals surface area contributed by atoms with E-state index in [0.29, 0.717) is 16.5 Å². The fourth-order valence-electron chi connectivity index (χ4n) is 3.42. The number of hydrogen-bond donors (Lipinski definition) is 1. The lowest BCUT2D eigenvalue weighted by molar-refractivity contribution is -0.125. The number of rotatable bonds is 6. The maximum atomic E-state index is 12.4. The monoisotopic (exact) mass is 402 g/mol. The Hall–Kier alpha value is -2.41. The van der Waals surface area contributed by atoms with Crippen molar-refractivity contribution in [3.8, 4) is 16.3 Å². The Labute approximate surface area is 169 Å². The summed E-state index contributed by atoms with van der Waals surface area (Å²) in [7, 11) is 1.61. The van der Waals surface area contributed by atoms with Crippen LogP contribution in [0.25, 0.3) is 10.6 Å². The van der Waals surface area contributed by atoms with E-state index in [1.165, 1.54) is 17.8 Å². The number of amides is 1. The van der Waals surface area contributed by atoms with Crippen LogP contribution in [0.15, 0.2) is 24.3 Å². The highest BCUT2D eigenvalue weighted by Gasteiger charge is 2.24. The average molecular weight is 403 g/mol. The molecule has 0 radical (unpaired) electrons. The largest absolute Gasteiger partial charge is 0.497 e. The summed E-state index contributed by atoms with van der Waals surface area (Å²) in [6, 6.07) is 7.66. The molecule has 1 N–H and O–H groups in total. The summed E-state index contributed by atoms with van der Waals surface area (Å²) >= 11 is 1.26. The van der Waals surface area contributed by atoms with Crippen LogP contribution in [0, 0.1) is 12.8 Å². The second kappa shape index (κ2) is 9.19. The number of esters is 1. The predicted molar refractivity (Wildman–Crippen MR) is 109 cm³/mol. The van der Waals surface area contributed by atoms with E-state index in [4.69, 9.17) is 9.47 Å². The van der Waals surface area contributed by atoms with Gasteiger partial charge in [-0.15, -0.1) is 11.3 Å². The van der Waals surface area contributed by atoms with Crippen LogP contribution in [0.2, 0.25) is 0 Å². The minimum atomic E-state index is -0.512. The number of methoxy groups -OCH3 is 1. The van der Waals surface area contributed by atoms with Crippen LogP contribution in [0.1, 0.15) is 48.0 Å². The second-order valence-electron chi connectivity index (χ2n) is 7.17. The molecule has 150 valence electrons. The van der Waals surface area contributed by atoms with Gasteiger partial charge in [-0.3, -0.25) is 4.79 Å². The van der Waals surface area contributed by atoms with Gasteiger partial charge in [-0.05, 0) is 49.9 Å². The van der Waals surface area contributed by atoms with Crippen LogP contribution in [0.4, 0.5) is 0 Å². The minimum Gasteiger partial charge on any atom is -0.497 e. The van der Waals surface area contributed by atoms with Crippen LogP contribution in [0.5, 0.6) is 5.75 Å². The van der Waals surface area contributed by atoms with Gasteiger partial charge in [-0.25, -0.2) is 9.78 Å². The molecule has 1 aliphatic carbocycles. The highest BCUT2D eigenvalue weighted by molar-refractivity contribution is 7.17. The lowest BCUT2D eigenvalue weighted by Gasteiger charge is -2.29. The van der Waals surface area contributed by atoms with Crippen molar-refractivity contribution in [3.05, 3.63) is 34.8 Å². The first-order valence-corrected chi connectivity index (χ1v) is 10.4. The van der Waals surface area contributed by atoms with E-state index in [1.807, 2.05) is 24.3 Å². The fraction of sp³-hybridized carbons (Fsp3) is 0.476. The molecule has 0 aliphatic heterocycles. The summed E-state index contributed by atoms with van der Waals surface area (Å²) in [5.74, 6) is 0.463. The first-order valence-electron chi connectivity index (χ1n) is 9.56. The highest BCUT2D eigenvalue weighted by atomic mass is 32.1. The van der Waals surface area contributed by atoms with Crippen LogP contribution in [0.3, 0.4) is 0 Å². The van der Waals surface area contributed by atoms with Gasteiger partial charge in [0, 0.05) is 11.6 Å². The molecule has 0 unspecified atom stereocenters. The van der Waals surface area contributed by atoms with E-state index in [9.17, 15) is 9.59 Å². The molecule has 7 heteroatoms. The second-order valence-corrected chi connectivity index (χ2v) is 8.17. The van der Waals surface area contributed by atoms with Crippen molar-refractivity contribution in [3.63, 3.8) is 0 Å². The molecule has 0 spiro atoms. The number of aryl methyl sites for hydroxylation is 1. The predicted octanol–water partition coefficient (Wildman–Crippen LogP) is 3.98. The molecule has 2 atom stereocenters. The first kappa shape index (κ1) is 20.3. The zero-order valence-corrected chi connectivity index (χ0v) is 17.3. The van der Waals surface area contributed by atoms with Gasteiger partial charge in [0.05, 0.1) is 12.8 Å². The van der Waals surface area contributed by atoms with Gasteiger partial charge < -0.3 is 14.8 Å². The number of hydrogen-bond acceptors (Lipinski definition) is 6. The Morgan fingerprint density at radius 3 is 2.61 bits per heavy atom. The summed E-state index contributed by atoms with van der Waals surface area (Å²) in [6.07, 6.45) is 4.45. The molecule has 2 aromatic rings. The molecule has 3 rings (SSSR count). The van der Waals surface area contributed by atoms with Gasteiger partial charge >= 0.3 is 5.97 Å². The number of ether oxygens (including phenoxy) is 2. The zero-order valence-electron chi connectivity index (χ0n) is 16.5. The van der Waals surface area contributed by atoms with Crippen molar-refractivity contribution < 1.29 is 19.1 Å². The summed E-state index contributed by atoms with van der Waals surface area (Å²) in [6.45, 7) is 3.65. The molecule has 1 heterocycles. The molecule has 1 amide bonds. The minimum absolute atomic E-state index is 0.173. The van der Waals surface area contributed by atoms with E-state index in [1.54, 1.807) is 14.0 Å². The van der Waals surface area contributed by atoms with E-state index >= 15 is 0 Å². The molecule has 1 aromatic carbocycles. The normalized spacial score (nSPS) is 19.1. The molecular weight excluding hydrogens is 376 g/mol. The van der Waals surface area contributed by atoms with Gasteiger partial charge in [0.25, 0.3) is 5.91 Å². The number of benzene rings is 1. The first-order chi connectivity index (χ1) is 13.5. The quantitative estimate of drug-likeness (QED) is 0.740. The molecule has 0 bridgehead atoms. The van der Waals surface area contributed by atoms with E-state index in [2.05, 4.69) is 17.2 Å². The number of carbonyl (C=O) groups excluding carboxylic acids is 2. The maximum Gasteiger partial charge on any atom is 0.350 e. The number of aromatic nitrogens is 1. The summed E-state index contributed by atoms with van der Waals surface area (Å²) < 4.78 is 10.4. The molecule has 1 saturated carbocycles. The van der Waals surface area contributed by atoms with Gasteiger partial charge in [-0.1, -0.05) is 19.8 Å². The van der Waals surface area contributed by atoms with Crippen molar-refractivity contribution in [2.24, 2.45) is 5.92 Å². The molecule has 6 nitrogen and oxygen atoms in total. The Bertz CT molecular complexity index is 831. The van der Waals surface area contributed by atoms with E-state index in [-0.39, 0.29) is 18.6 Å². The average Bonchev–Trinajstić information content (AvgIpc) is 3.10. The van der Waals surface area contributed by atoms with Crippen LogP contribution in [-0.2, 0) is 9.53 Å². The third-order valence-corrected chi connectivity index (χ3v) is 6.30. The van der Waals surface area contributed by atoms with Gasteiger partial charge in [0.1, 0.15) is 15.6 Å². The lowest BCUT2D eigenvalue weighted by atomic mass is 9.86. The molecule has 0 saturated heterocycles. The van der Waals surface area contributed by atoms with Crippen LogP contribution in [-0.4, -0.2) is 36.6 Å². The fourth-order valence-corrected chi connectivity index (χ4v) is 4.38. The Balaban J connectivity index is 1.58. The standard InChI is InChI=1S/C21H26N2O4S/c1-13-6-4-5-7-17(13)23-18(24)12-27-21(25)19-14(2)22-20(28-19)15-8-10-16(26-3)11-9-15/h8-11,13,17H,4-7,12H2,1-3H3,(H,23,24)/t13-,17+/m0/s1. The topological polar surface area (TPSA) is 77.5 Å². The van der Waals surface area contributed by atoms with Crippen LogP contribution < -0.4 is 10.1 Å². The molecule has 1 aromatic heterocycles. The molecule has 28 heavy (non-hydrogen) atoms. The third kappa shape index (κ3) is 4.90. The zero-order chi connectivity index (χ0) is 20.1. The van der Waals surface area contributed by atoms with Crippen molar-refractivity contribution in [2.45, 2.75) is 45.6 Å². The SMILES string of the molecule is COc1ccc(-c2nc(C)c(C(=O)OCC(=O)N[C@@H]3CCCC[C@@H]3C)s2)cc1. The van der Waals surface area contributed by atoms with Crippen molar-refractivity contribution in [2.75, 3.05) is 13.7 Å². The maximum absolute atomic E-state index is 12.4. The molecular formula is C21H26N2O4S. The number of nitrogens with zero attached hydrogens (tertiary/aromatic N) is 1. The summed E-state index contributed by atoms with van der Waals surface area (Å²) in [4.78, 5) is 29.5. The number of carbonyl (C=O) groups is 2. The smallest absolute Gasteiger partial charge is 0.350 e. The third-order valence-electron chi connectivity index (χ3n) is 5.11. The van der Waals surface area contributed by atoms with Crippen molar-refractivity contribution >= 4 is 23.2 Å². The van der Waals surface area contributed by atoms with Crippen molar-refractivity contribution in [1.29, 1.82) is 0 Å². The van der Waals surface area contributed by atoms with E-state index in [0.717, 1.165) is 35.6 Å². The molecule has 1 fully saturated rings. The Morgan fingerprint density at radius 1 is 1.21 bits per heavy atom. The van der Waals surface area contributed by atoms with E-state index < -0.39 is 5.97 Å². The van der Waals surface area contributed by atoms with Gasteiger partial charge in [0.15, 0.2) is 6.61 Å². The number of nitrogens with one attached hydrogen (secondary N) is 1. The highest BCUT2D eigenvalue weighted by Crippen LogP contribution is 2.29. The molecule has 1 aliphatic rings. The van der Waals surface area contributed by atoms with Crippen LogP contribution >= 0.6 is 11.3 Å². The summed E-state index contributed by atoms with van der Waals surface area (Å²) in [5.41, 5.74) is 1.50. The lowest BCUT2D eigenvalue weighted by Crippen LogP contribution is -2.42. The Morgan fingerprint density at radius 2 is 1.93 bits per heavy atom. The van der Waals surface area contributed by atoms with Crippen molar-refractivity contribution in [1.82, 2.24) is 10.3 Å². The van der Waals surface area contributed by atoms with Gasteiger partial charge in [0.2, 0.25) is 0 Å². The van der Waals surface area contributed by atoms with Gasteiger partial charge in [-0.2, -0.15) is 0 Å². The summed E-state index contributed by atoms with van der Waals surface area (Å²) in [5, 5.41) is 3.72.